The van der Waals surface area contributed by atoms with Gasteiger partial charge in [-0.3, -0.25) is 14.5 Å². The van der Waals surface area contributed by atoms with Crippen LogP contribution in [-0.2, 0) is 4.79 Å². The lowest BCUT2D eigenvalue weighted by molar-refractivity contribution is -0.125. The quantitative estimate of drug-likeness (QED) is 0.600. The number of hydrogen-bond acceptors (Lipinski definition) is 4. The van der Waals surface area contributed by atoms with Gasteiger partial charge in [-0.05, 0) is 56.9 Å². The van der Waals surface area contributed by atoms with Crippen molar-refractivity contribution in [1.29, 1.82) is 0 Å². The number of carbonyl (C=O) groups is 2. The molecule has 2 amide bonds. The van der Waals surface area contributed by atoms with Gasteiger partial charge in [0.1, 0.15) is 0 Å². The molecule has 3 N–H and O–H groups in total. The van der Waals surface area contributed by atoms with Crippen LogP contribution in [0.5, 0.6) is 0 Å². The SMILES string of the molecule is CN1CC2(CCNCC2)CC1C(=O)NCCNC(=O)c1ccccc1Cl.Cl.Cl. The Bertz CT molecular complexity index is 668. The Hall–Kier alpha value is -1.05. The van der Waals surface area contributed by atoms with Crippen LogP contribution in [-0.4, -0.2) is 62.5 Å². The Morgan fingerprint density at radius 3 is 2.50 bits per heavy atom. The number of hydrogen-bond donors (Lipinski definition) is 3. The first kappa shape index (κ1) is 25.0. The minimum Gasteiger partial charge on any atom is -0.353 e. The fourth-order valence-electron chi connectivity index (χ4n) is 4.10. The Balaban J connectivity index is 0.00000196. The fourth-order valence-corrected chi connectivity index (χ4v) is 4.32. The second-order valence-electron chi connectivity index (χ2n) is 7.41. The van der Waals surface area contributed by atoms with Crippen LogP contribution in [0.3, 0.4) is 0 Å². The maximum atomic E-state index is 12.5. The van der Waals surface area contributed by atoms with Crippen molar-refractivity contribution in [2.24, 2.45) is 5.41 Å². The van der Waals surface area contributed by atoms with E-state index >= 15 is 0 Å². The first-order chi connectivity index (χ1) is 12.5. The molecule has 0 radical (unpaired) electrons. The third kappa shape index (κ3) is 5.97. The number of rotatable bonds is 5. The van der Waals surface area contributed by atoms with Crippen molar-refractivity contribution in [3.63, 3.8) is 0 Å². The molecular weight excluding hydrogens is 423 g/mol. The van der Waals surface area contributed by atoms with Crippen molar-refractivity contribution < 1.29 is 9.59 Å². The standard InChI is InChI=1S/C19H27ClN4O2.2ClH/c1-24-13-19(6-8-21-9-7-19)12-16(24)18(26)23-11-10-22-17(25)14-4-2-3-5-15(14)20;;/h2-5,16,21H,6-13H2,1H3,(H,22,25)(H,23,26);2*1H. The molecule has 6 nitrogen and oxygen atoms in total. The lowest BCUT2D eigenvalue weighted by Gasteiger charge is -2.33. The Morgan fingerprint density at radius 2 is 1.82 bits per heavy atom. The van der Waals surface area contributed by atoms with E-state index < -0.39 is 0 Å². The highest BCUT2D eigenvalue weighted by Crippen LogP contribution is 2.41. The van der Waals surface area contributed by atoms with E-state index in [1.165, 1.54) is 0 Å². The van der Waals surface area contributed by atoms with Gasteiger partial charge in [-0.15, -0.1) is 24.8 Å². The number of halogens is 3. The number of carbonyl (C=O) groups excluding carboxylic acids is 2. The maximum absolute atomic E-state index is 12.5. The predicted octanol–water partition coefficient (Wildman–Crippen LogP) is 2.10. The van der Waals surface area contributed by atoms with Crippen LogP contribution in [0.25, 0.3) is 0 Å². The van der Waals surface area contributed by atoms with Gasteiger partial charge in [0.25, 0.3) is 5.91 Å². The average Bonchev–Trinajstić information content (AvgIpc) is 2.95. The van der Waals surface area contributed by atoms with Crippen molar-refractivity contribution in [2.45, 2.75) is 25.3 Å². The van der Waals surface area contributed by atoms with E-state index in [4.69, 9.17) is 11.6 Å². The zero-order chi connectivity index (χ0) is 18.6. The van der Waals surface area contributed by atoms with Crippen LogP contribution in [0.4, 0.5) is 0 Å². The van der Waals surface area contributed by atoms with E-state index in [9.17, 15) is 9.59 Å². The highest BCUT2D eigenvalue weighted by Gasteiger charge is 2.45. The zero-order valence-electron chi connectivity index (χ0n) is 16.0. The van der Waals surface area contributed by atoms with Crippen LogP contribution in [0.1, 0.15) is 29.6 Å². The van der Waals surface area contributed by atoms with Crippen molar-refractivity contribution in [2.75, 3.05) is 39.8 Å². The molecule has 0 aliphatic carbocycles. The van der Waals surface area contributed by atoms with E-state index in [0.29, 0.717) is 23.7 Å². The molecule has 2 fully saturated rings. The second kappa shape index (κ2) is 11.2. The summed E-state index contributed by atoms with van der Waals surface area (Å²) < 4.78 is 0. The van der Waals surface area contributed by atoms with Crippen LogP contribution < -0.4 is 16.0 Å². The van der Waals surface area contributed by atoms with Gasteiger partial charge in [0, 0.05) is 19.6 Å². The average molecular weight is 452 g/mol. The van der Waals surface area contributed by atoms with Crippen LogP contribution in [0, 0.1) is 5.41 Å². The normalized spacial score (nSPS) is 20.7. The Morgan fingerprint density at radius 1 is 1.18 bits per heavy atom. The van der Waals surface area contributed by atoms with E-state index in [1.54, 1.807) is 24.3 Å². The molecule has 1 spiro atoms. The summed E-state index contributed by atoms with van der Waals surface area (Å²) in [4.78, 5) is 26.8. The van der Waals surface area contributed by atoms with Gasteiger partial charge in [-0.1, -0.05) is 23.7 Å². The molecule has 1 aromatic carbocycles. The number of piperidine rings is 1. The molecule has 2 heterocycles. The number of likely N-dealkylation sites (tertiary alicyclic amines) is 1. The smallest absolute Gasteiger partial charge is 0.252 e. The number of nitrogens with one attached hydrogen (secondary N) is 3. The van der Waals surface area contributed by atoms with Crippen LogP contribution in [0.15, 0.2) is 24.3 Å². The molecule has 2 saturated heterocycles. The van der Waals surface area contributed by atoms with Crippen molar-refractivity contribution >= 4 is 48.2 Å². The summed E-state index contributed by atoms with van der Waals surface area (Å²) in [5.74, 6) is -0.175. The maximum Gasteiger partial charge on any atom is 0.252 e. The van der Waals surface area contributed by atoms with Gasteiger partial charge in [0.15, 0.2) is 0 Å². The third-order valence-electron chi connectivity index (χ3n) is 5.54. The minimum atomic E-state index is -0.225. The summed E-state index contributed by atoms with van der Waals surface area (Å²) in [6, 6.07) is 6.85. The van der Waals surface area contributed by atoms with E-state index in [0.717, 1.165) is 38.9 Å². The molecule has 0 aromatic heterocycles. The second-order valence-corrected chi connectivity index (χ2v) is 7.82. The Kier molecular flexibility index (Phi) is 10.0. The summed E-state index contributed by atoms with van der Waals surface area (Å²) in [7, 11) is 2.03. The van der Waals surface area contributed by atoms with Crippen molar-refractivity contribution in [3.8, 4) is 0 Å². The molecule has 28 heavy (non-hydrogen) atoms. The minimum absolute atomic E-state index is 0. The molecular formula is C19H29Cl3N4O2. The topological polar surface area (TPSA) is 73.5 Å². The number of likely N-dealkylation sites (N-methyl/N-ethyl adjacent to an activating group) is 1. The lowest BCUT2D eigenvalue weighted by Crippen LogP contribution is -2.44. The van der Waals surface area contributed by atoms with E-state index in [-0.39, 0.29) is 48.1 Å². The van der Waals surface area contributed by atoms with Gasteiger partial charge >= 0.3 is 0 Å². The predicted molar refractivity (Wildman–Crippen MR) is 117 cm³/mol. The summed E-state index contributed by atoms with van der Waals surface area (Å²) in [6.07, 6.45) is 3.19. The molecule has 0 saturated carbocycles. The van der Waals surface area contributed by atoms with Crippen LogP contribution in [0.2, 0.25) is 5.02 Å². The van der Waals surface area contributed by atoms with Gasteiger partial charge in [0.05, 0.1) is 16.6 Å². The lowest BCUT2D eigenvalue weighted by atomic mass is 9.77. The number of benzene rings is 1. The van der Waals surface area contributed by atoms with Crippen molar-refractivity contribution in [3.05, 3.63) is 34.9 Å². The van der Waals surface area contributed by atoms with Gasteiger partial charge in [-0.2, -0.15) is 0 Å². The fraction of sp³-hybridized carbons (Fsp3) is 0.579. The number of amides is 2. The van der Waals surface area contributed by atoms with E-state index in [2.05, 4.69) is 20.9 Å². The Labute approximate surface area is 184 Å². The highest BCUT2D eigenvalue weighted by atomic mass is 35.5. The molecule has 0 bridgehead atoms. The number of nitrogens with zero attached hydrogens (tertiary/aromatic N) is 1. The summed E-state index contributed by atoms with van der Waals surface area (Å²) in [5.41, 5.74) is 0.726. The highest BCUT2D eigenvalue weighted by molar-refractivity contribution is 6.33. The van der Waals surface area contributed by atoms with Crippen LogP contribution >= 0.6 is 36.4 Å². The molecule has 3 rings (SSSR count). The third-order valence-corrected chi connectivity index (χ3v) is 5.87. The van der Waals surface area contributed by atoms with Gasteiger partial charge in [-0.25, -0.2) is 0 Å². The monoisotopic (exact) mass is 450 g/mol. The zero-order valence-corrected chi connectivity index (χ0v) is 18.4. The van der Waals surface area contributed by atoms with Gasteiger partial charge < -0.3 is 16.0 Å². The van der Waals surface area contributed by atoms with Gasteiger partial charge in [0.2, 0.25) is 5.91 Å². The molecule has 9 heteroatoms. The molecule has 1 unspecified atom stereocenters. The molecule has 1 atom stereocenters. The molecule has 158 valence electrons. The molecule has 2 aliphatic rings. The first-order valence-electron chi connectivity index (χ1n) is 9.22. The molecule has 1 aromatic rings. The summed E-state index contributed by atoms with van der Waals surface area (Å²) in [6.45, 7) is 3.84. The van der Waals surface area contributed by atoms with Crippen molar-refractivity contribution in [1.82, 2.24) is 20.9 Å². The first-order valence-corrected chi connectivity index (χ1v) is 9.60. The molecule has 2 aliphatic heterocycles. The summed E-state index contributed by atoms with van der Waals surface area (Å²) in [5, 5.41) is 9.57. The largest absolute Gasteiger partial charge is 0.353 e. The summed E-state index contributed by atoms with van der Waals surface area (Å²) >= 11 is 6.01. The van der Waals surface area contributed by atoms with E-state index in [1.807, 2.05) is 7.05 Å².